The highest BCUT2D eigenvalue weighted by Gasteiger charge is 2.35. The molecule has 1 aliphatic rings. The summed E-state index contributed by atoms with van der Waals surface area (Å²) in [5.74, 6) is -2.43. The van der Waals surface area contributed by atoms with E-state index in [4.69, 9.17) is 20.8 Å². The van der Waals surface area contributed by atoms with Crippen LogP contribution in [-0.2, 0) is 16.1 Å². The minimum absolute atomic E-state index is 0.0221. The number of nitro benzene ring substituents is 1. The van der Waals surface area contributed by atoms with Crippen LogP contribution in [-0.4, -0.2) is 40.8 Å². The van der Waals surface area contributed by atoms with E-state index in [0.717, 1.165) is 23.1 Å². The van der Waals surface area contributed by atoms with Gasteiger partial charge in [0.05, 0.1) is 29.2 Å². The SMILES string of the molecule is COC(=O)c1ccc(CN2C(=O)N/C(=C\c3cc([N+](=O)[O-])ccc3OC(=O)c3ccccc3Cl)C2=O)o1. The Balaban J connectivity index is 1.62. The van der Waals surface area contributed by atoms with Crippen molar-refractivity contribution >= 4 is 47.2 Å². The molecule has 3 aromatic rings. The molecule has 188 valence electrons. The second-order valence-corrected chi connectivity index (χ2v) is 7.89. The number of urea groups is 1. The first-order valence-electron chi connectivity index (χ1n) is 10.4. The van der Waals surface area contributed by atoms with Gasteiger partial charge in [0, 0.05) is 17.7 Å². The van der Waals surface area contributed by atoms with Crippen LogP contribution in [0.2, 0.25) is 5.02 Å². The highest BCUT2D eigenvalue weighted by atomic mass is 35.5. The van der Waals surface area contributed by atoms with Crippen LogP contribution in [0, 0.1) is 10.1 Å². The van der Waals surface area contributed by atoms with Crippen molar-refractivity contribution in [1.29, 1.82) is 0 Å². The van der Waals surface area contributed by atoms with Gasteiger partial charge < -0.3 is 19.2 Å². The van der Waals surface area contributed by atoms with E-state index in [0.29, 0.717) is 0 Å². The molecule has 0 bridgehead atoms. The lowest BCUT2D eigenvalue weighted by Crippen LogP contribution is -2.30. The summed E-state index contributed by atoms with van der Waals surface area (Å²) in [6.45, 7) is -0.303. The fourth-order valence-corrected chi connectivity index (χ4v) is 3.55. The Kier molecular flexibility index (Phi) is 7.02. The third-order valence-corrected chi connectivity index (χ3v) is 5.45. The summed E-state index contributed by atoms with van der Waals surface area (Å²) in [5, 5.41) is 13.8. The predicted octanol–water partition coefficient (Wildman–Crippen LogP) is 3.94. The number of benzene rings is 2. The summed E-state index contributed by atoms with van der Waals surface area (Å²) < 4.78 is 15.2. The van der Waals surface area contributed by atoms with Gasteiger partial charge in [0.25, 0.3) is 11.6 Å². The molecule has 1 fully saturated rings. The zero-order chi connectivity index (χ0) is 26.7. The largest absolute Gasteiger partial charge is 0.463 e. The maximum atomic E-state index is 12.9. The highest BCUT2D eigenvalue weighted by Crippen LogP contribution is 2.29. The average Bonchev–Trinajstić information content (AvgIpc) is 3.45. The molecule has 0 spiro atoms. The lowest BCUT2D eigenvalue weighted by atomic mass is 10.1. The van der Waals surface area contributed by atoms with Crippen LogP contribution < -0.4 is 10.1 Å². The lowest BCUT2D eigenvalue weighted by Gasteiger charge is -2.10. The van der Waals surface area contributed by atoms with E-state index in [2.05, 4.69) is 10.1 Å². The van der Waals surface area contributed by atoms with E-state index in [-0.39, 0.29) is 51.3 Å². The molecule has 0 atom stereocenters. The summed E-state index contributed by atoms with van der Waals surface area (Å²) in [4.78, 5) is 61.0. The molecule has 0 saturated carbocycles. The van der Waals surface area contributed by atoms with Gasteiger partial charge in [-0.2, -0.15) is 0 Å². The van der Waals surface area contributed by atoms with Crippen molar-refractivity contribution < 1.29 is 38.0 Å². The van der Waals surface area contributed by atoms with Crippen molar-refractivity contribution in [2.24, 2.45) is 0 Å². The molecule has 13 heteroatoms. The number of esters is 2. The van der Waals surface area contributed by atoms with E-state index in [1.807, 2.05) is 0 Å². The smallest absolute Gasteiger partial charge is 0.373 e. The van der Waals surface area contributed by atoms with Gasteiger partial charge in [-0.1, -0.05) is 23.7 Å². The lowest BCUT2D eigenvalue weighted by molar-refractivity contribution is -0.384. The number of halogens is 1. The molecule has 37 heavy (non-hydrogen) atoms. The summed E-state index contributed by atoms with van der Waals surface area (Å²) in [7, 11) is 1.17. The fourth-order valence-electron chi connectivity index (χ4n) is 3.34. The van der Waals surface area contributed by atoms with Crippen molar-refractivity contribution in [3.8, 4) is 5.75 Å². The summed E-state index contributed by atoms with van der Waals surface area (Å²) in [6, 6.07) is 11.5. The van der Waals surface area contributed by atoms with Gasteiger partial charge in [0.2, 0.25) is 5.76 Å². The standard InChI is InChI=1S/C24H16ClN3O9/c1-35-23(31)20-9-7-15(36-20)12-27-21(29)18(26-24(27)32)11-13-10-14(28(33)34)6-8-19(13)37-22(30)16-4-2-3-5-17(16)25/h2-11H,12H2,1H3,(H,26,32)/b18-11-. The Morgan fingerprint density at radius 2 is 1.89 bits per heavy atom. The molecule has 0 unspecified atom stereocenters. The molecule has 1 N–H and O–H groups in total. The molecule has 4 rings (SSSR count). The molecule has 0 aliphatic carbocycles. The first kappa shape index (κ1) is 25.1. The number of methoxy groups -OCH3 is 1. The van der Waals surface area contributed by atoms with E-state index >= 15 is 0 Å². The predicted molar refractivity (Wildman–Crippen MR) is 127 cm³/mol. The van der Waals surface area contributed by atoms with Gasteiger partial charge in [0.15, 0.2) is 0 Å². The average molecular weight is 526 g/mol. The molecule has 1 saturated heterocycles. The van der Waals surface area contributed by atoms with Crippen molar-refractivity contribution in [2.45, 2.75) is 6.54 Å². The van der Waals surface area contributed by atoms with Crippen LogP contribution in [0.15, 0.2) is 64.7 Å². The number of carbonyl (C=O) groups is 4. The number of hydrogen-bond donors (Lipinski definition) is 1. The maximum Gasteiger partial charge on any atom is 0.373 e. The number of nitrogens with zero attached hydrogens (tertiary/aromatic N) is 2. The van der Waals surface area contributed by atoms with E-state index in [1.165, 1.54) is 37.4 Å². The summed E-state index contributed by atoms with van der Waals surface area (Å²) in [5.41, 5.74) is -0.544. The minimum atomic E-state index is -0.832. The number of amides is 3. The van der Waals surface area contributed by atoms with E-state index in [1.54, 1.807) is 12.1 Å². The molecule has 12 nitrogen and oxygen atoms in total. The van der Waals surface area contributed by atoms with Crippen LogP contribution in [0.4, 0.5) is 10.5 Å². The Morgan fingerprint density at radius 1 is 1.14 bits per heavy atom. The monoisotopic (exact) mass is 525 g/mol. The van der Waals surface area contributed by atoms with Gasteiger partial charge in [-0.15, -0.1) is 0 Å². The second kappa shape index (κ2) is 10.3. The normalized spacial score (nSPS) is 14.0. The Bertz CT molecular complexity index is 1480. The Labute approximate surface area is 213 Å². The van der Waals surface area contributed by atoms with Crippen LogP contribution in [0.1, 0.15) is 32.2 Å². The Morgan fingerprint density at radius 3 is 2.59 bits per heavy atom. The number of imide groups is 1. The number of hydrogen-bond acceptors (Lipinski definition) is 9. The molecule has 1 aliphatic heterocycles. The van der Waals surface area contributed by atoms with Gasteiger partial charge >= 0.3 is 18.0 Å². The van der Waals surface area contributed by atoms with Crippen molar-refractivity contribution in [3.63, 3.8) is 0 Å². The van der Waals surface area contributed by atoms with Gasteiger partial charge in [-0.05, 0) is 36.4 Å². The molecule has 0 radical (unpaired) electrons. The Hall–Kier alpha value is -4.97. The van der Waals surface area contributed by atoms with Gasteiger partial charge in [-0.3, -0.25) is 19.8 Å². The topological polar surface area (TPSA) is 158 Å². The van der Waals surface area contributed by atoms with Crippen molar-refractivity contribution in [2.75, 3.05) is 7.11 Å². The van der Waals surface area contributed by atoms with Crippen LogP contribution in [0.5, 0.6) is 5.75 Å². The van der Waals surface area contributed by atoms with Crippen LogP contribution >= 0.6 is 11.6 Å². The van der Waals surface area contributed by atoms with Crippen LogP contribution in [0.25, 0.3) is 6.08 Å². The highest BCUT2D eigenvalue weighted by molar-refractivity contribution is 6.33. The van der Waals surface area contributed by atoms with Crippen LogP contribution in [0.3, 0.4) is 0 Å². The van der Waals surface area contributed by atoms with Crippen molar-refractivity contribution in [1.82, 2.24) is 10.2 Å². The first-order chi connectivity index (χ1) is 17.7. The summed E-state index contributed by atoms with van der Waals surface area (Å²) in [6.07, 6.45) is 1.14. The zero-order valence-electron chi connectivity index (χ0n) is 18.9. The quantitative estimate of drug-likeness (QED) is 0.120. The second-order valence-electron chi connectivity index (χ2n) is 7.49. The number of nitro groups is 1. The number of non-ortho nitro benzene ring substituents is 1. The molecular formula is C24H16ClN3O9. The third kappa shape index (κ3) is 5.33. The first-order valence-corrected chi connectivity index (χ1v) is 10.8. The molecule has 1 aromatic heterocycles. The molecular weight excluding hydrogens is 510 g/mol. The van der Waals surface area contributed by atoms with Crippen molar-refractivity contribution in [3.05, 3.63) is 98.1 Å². The maximum absolute atomic E-state index is 12.9. The number of furan rings is 1. The van der Waals surface area contributed by atoms with Gasteiger partial charge in [-0.25, -0.2) is 14.4 Å². The number of rotatable bonds is 7. The number of ether oxygens (including phenoxy) is 2. The molecule has 2 heterocycles. The number of nitrogens with one attached hydrogen (secondary N) is 1. The summed E-state index contributed by atoms with van der Waals surface area (Å²) >= 11 is 6.04. The molecule has 2 aromatic carbocycles. The van der Waals surface area contributed by atoms with Gasteiger partial charge in [0.1, 0.15) is 17.2 Å². The number of carbonyl (C=O) groups excluding carboxylic acids is 4. The fraction of sp³-hybridized carbons (Fsp3) is 0.0833. The zero-order valence-corrected chi connectivity index (χ0v) is 19.7. The minimum Gasteiger partial charge on any atom is -0.463 e. The molecule has 3 amide bonds. The van der Waals surface area contributed by atoms with E-state index in [9.17, 15) is 29.3 Å². The third-order valence-electron chi connectivity index (χ3n) is 5.12. The van der Waals surface area contributed by atoms with E-state index < -0.39 is 28.8 Å².